The van der Waals surface area contributed by atoms with Gasteiger partial charge in [0.1, 0.15) is 12.4 Å². The van der Waals surface area contributed by atoms with Gasteiger partial charge in [-0.15, -0.1) is 5.10 Å². The second-order valence-electron chi connectivity index (χ2n) is 5.69. The maximum atomic E-state index is 12.2. The molecule has 0 spiro atoms. The zero-order valence-electron chi connectivity index (χ0n) is 14.5. The van der Waals surface area contributed by atoms with Crippen LogP contribution in [0.2, 0.25) is 0 Å². The molecule has 0 aliphatic carbocycles. The maximum Gasteiger partial charge on any atom is 0.338 e. The highest BCUT2D eigenvalue weighted by Gasteiger charge is 2.11. The van der Waals surface area contributed by atoms with Crippen molar-refractivity contribution in [3.63, 3.8) is 0 Å². The number of carbonyl (C=O) groups excluding carboxylic acids is 1. The Morgan fingerprint density at radius 1 is 1.04 bits per heavy atom. The molecule has 0 saturated carbocycles. The molecular weight excluding hydrogens is 332 g/mol. The average molecular weight is 352 g/mol. The van der Waals surface area contributed by atoms with Gasteiger partial charge in [-0.25, -0.2) is 9.48 Å². The standard InChI is InChI=1S/C19H20N4O3/c1-2-12-23-18(20-21-22-23)14-26-19(24)16-8-10-17(11-9-16)25-13-15-6-4-3-5-7-15/h3-11H,2,12-14H2,1H3. The minimum atomic E-state index is -0.425. The van der Waals surface area contributed by atoms with Crippen LogP contribution in [-0.4, -0.2) is 26.2 Å². The molecule has 0 bridgehead atoms. The molecule has 0 aliphatic heterocycles. The molecule has 0 amide bonds. The lowest BCUT2D eigenvalue weighted by atomic mass is 10.2. The van der Waals surface area contributed by atoms with E-state index in [1.165, 1.54) is 0 Å². The molecule has 26 heavy (non-hydrogen) atoms. The molecule has 0 saturated heterocycles. The van der Waals surface area contributed by atoms with Gasteiger partial charge in [0, 0.05) is 6.54 Å². The van der Waals surface area contributed by atoms with Crippen molar-refractivity contribution in [2.45, 2.75) is 33.1 Å². The molecule has 7 heteroatoms. The van der Waals surface area contributed by atoms with Crippen LogP contribution in [-0.2, 0) is 24.5 Å². The molecule has 0 aliphatic rings. The van der Waals surface area contributed by atoms with Crippen molar-refractivity contribution in [2.24, 2.45) is 0 Å². The summed E-state index contributed by atoms with van der Waals surface area (Å²) in [6.45, 7) is 3.23. The summed E-state index contributed by atoms with van der Waals surface area (Å²) in [6.07, 6.45) is 0.899. The van der Waals surface area contributed by atoms with E-state index in [1.807, 2.05) is 37.3 Å². The van der Waals surface area contributed by atoms with Crippen LogP contribution in [0.25, 0.3) is 0 Å². The third-order valence-electron chi connectivity index (χ3n) is 3.71. The number of esters is 1. The topological polar surface area (TPSA) is 79.1 Å². The highest BCUT2D eigenvalue weighted by Crippen LogP contribution is 2.15. The molecule has 1 aromatic heterocycles. The number of rotatable bonds is 8. The van der Waals surface area contributed by atoms with Gasteiger partial charge in [0.05, 0.1) is 5.56 Å². The van der Waals surface area contributed by atoms with Gasteiger partial charge in [-0.05, 0) is 46.7 Å². The Kier molecular flexibility index (Phi) is 5.92. The monoisotopic (exact) mass is 352 g/mol. The maximum absolute atomic E-state index is 12.2. The number of aryl methyl sites for hydroxylation is 1. The van der Waals surface area contributed by atoms with Gasteiger partial charge in [-0.2, -0.15) is 0 Å². The van der Waals surface area contributed by atoms with E-state index in [1.54, 1.807) is 28.9 Å². The number of nitrogens with zero attached hydrogens (tertiary/aromatic N) is 4. The Labute approximate surface area is 151 Å². The van der Waals surface area contributed by atoms with Crippen molar-refractivity contribution in [1.82, 2.24) is 20.2 Å². The quantitative estimate of drug-likeness (QED) is 0.580. The van der Waals surface area contributed by atoms with Crippen LogP contribution in [0, 0.1) is 0 Å². The van der Waals surface area contributed by atoms with E-state index < -0.39 is 5.97 Å². The second kappa shape index (κ2) is 8.75. The van der Waals surface area contributed by atoms with Gasteiger partial charge in [-0.1, -0.05) is 37.3 Å². The fraction of sp³-hybridized carbons (Fsp3) is 0.263. The lowest BCUT2D eigenvalue weighted by Gasteiger charge is -2.08. The molecule has 1 heterocycles. The first kappa shape index (κ1) is 17.6. The first-order valence-electron chi connectivity index (χ1n) is 8.45. The van der Waals surface area contributed by atoms with Gasteiger partial charge < -0.3 is 9.47 Å². The summed E-state index contributed by atoms with van der Waals surface area (Å²) in [7, 11) is 0. The lowest BCUT2D eigenvalue weighted by molar-refractivity contribution is 0.0456. The van der Waals surface area contributed by atoms with E-state index in [-0.39, 0.29) is 6.61 Å². The summed E-state index contributed by atoms with van der Waals surface area (Å²) in [4.78, 5) is 12.2. The minimum absolute atomic E-state index is 0.0398. The zero-order valence-corrected chi connectivity index (χ0v) is 14.5. The third kappa shape index (κ3) is 4.66. The second-order valence-corrected chi connectivity index (χ2v) is 5.69. The summed E-state index contributed by atoms with van der Waals surface area (Å²) in [5.74, 6) is 0.797. The average Bonchev–Trinajstić information content (AvgIpc) is 3.13. The van der Waals surface area contributed by atoms with E-state index in [4.69, 9.17) is 9.47 Å². The number of ether oxygens (including phenoxy) is 2. The lowest BCUT2D eigenvalue weighted by Crippen LogP contribution is -2.11. The molecule has 3 aromatic rings. The van der Waals surface area contributed by atoms with Crippen molar-refractivity contribution >= 4 is 5.97 Å². The van der Waals surface area contributed by atoms with Crippen LogP contribution < -0.4 is 4.74 Å². The molecule has 2 aromatic carbocycles. The van der Waals surface area contributed by atoms with Crippen molar-refractivity contribution in [2.75, 3.05) is 0 Å². The fourth-order valence-corrected chi connectivity index (χ4v) is 2.35. The Morgan fingerprint density at radius 3 is 2.54 bits per heavy atom. The first-order chi connectivity index (χ1) is 12.8. The van der Waals surface area contributed by atoms with Crippen molar-refractivity contribution in [3.8, 4) is 5.75 Å². The van der Waals surface area contributed by atoms with Gasteiger partial charge in [0.2, 0.25) is 0 Å². The molecule has 134 valence electrons. The smallest absolute Gasteiger partial charge is 0.338 e. The van der Waals surface area contributed by atoms with Gasteiger partial charge in [0.25, 0.3) is 0 Å². The zero-order chi connectivity index (χ0) is 18.2. The first-order valence-corrected chi connectivity index (χ1v) is 8.45. The number of aromatic nitrogens is 4. The number of hydrogen-bond donors (Lipinski definition) is 0. The number of tetrazole rings is 1. The third-order valence-corrected chi connectivity index (χ3v) is 3.71. The number of carbonyl (C=O) groups is 1. The van der Waals surface area contributed by atoms with Gasteiger partial charge >= 0.3 is 5.97 Å². The van der Waals surface area contributed by atoms with Crippen LogP contribution in [0.3, 0.4) is 0 Å². The molecule has 0 atom stereocenters. The highest BCUT2D eigenvalue weighted by molar-refractivity contribution is 5.89. The highest BCUT2D eigenvalue weighted by atomic mass is 16.5. The molecule has 0 N–H and O–H groups in total. The number of hydrogen-bond acceptors (Lipinski definition) is 6. The van der Waals surface area contributed by atoms with Crippen molar-refractivity contribution < 1.29 is 14.3 Å². The SMILES string of the molecule is CCCn1nnnc1COC(=O)c1ccc(OCc2ccccc2)cc1. The molecule has 3 rings (SSSR count). The van der Waals surface area contributed by atoms with E-state index >= 15 is 0 Å². The predicted molar refractivity (Wildman–Crippen MR) is 94.4 cm³/mol. The Morgan fingerprint density at radius 2 is 1.81 bits per heavy atom. The van der Waals surface area contributed by atoms with Gasteiger partial charge in [-0.3, -0.25) is 0 Å². The van der Waals surface area contributed by atoms with E-state index in [9.17, 15) is 4.79 Å². The van der Waals surface area contributed by atoms with Crippen LogP contribution in [0.4, 0.5) is 0 Å². The van der Waals surface area contributed by atoms with Gasteiger partial charge in [0.15, 0.2) is 12.4 Å². The van der Waals surface area contributed by atoms with Crippen molar-refractivity contribution in [1.29, 1.82) is 0 Å². The van der Waals surface area contributed by atoms with Crippen LogP contribution in [0.15, 0.2) is 54.6 Å². The van der Waals surface area contributed by atoms with Crippen LogP contribution in [0.5, 0.6) is 5.75 Å². The predicted octanol–water partition coefficient (Wildman–Crippen LogP) is 3.02. The summed E-state index contributed by atoms with van der Waals surface area (Å²) < 4.78 is 12.6. The Hall–Kier alpha value is -3.22. The summed E-state index contributed by atoms with van der Waals surface area (Å²) >= 11 is 0. The molecule has 0 fully saturated rings. The van der Waals surface area contributed by atoms with E-state index in [0.717, 1.165) is 12.0 Å². The molecule has 0 unspecified atom stereocenters. The minimum Gasteiger partial charge on any atom is -0.489 e. The van der Waals surface area contributed by atoms with Crippen LogP contribution in [0.1, 0.15) is 35.1 Å². The summed E-state index contributed by atoms with van der Waals surface area (Å²) in [5, 5.41) is 11.3. The Balaban J connectivity index is 1.52. The molecule has 7 nitrogen and oxygen atoms in total. The van der Waals surface area contributed by atoms with Crippen LogP contribution >= 0.6 is 0 Å². The van der Waals surface area contributed by atoms with E-state index in [0.29, 0.717) is 30.3 Å². The summed E-state index contributed by atoms with van der Waals surface area (Å²) in [5.41, 5.74) is 1.53. The molecule has 0 radical (unpaired) electrons. The van der Waals surface area contributed by atoms with Crippen molar-refractivity contribution in [3.05, 3.63) is 71.5 Å². The fourth-order valence-electron chi connectivity index (χ4n) is 2.35. The van der Waals surface area contributed by atoms with E-state index in [2.05, 4.69) is 15.5 Å². The number of benzene rings is 2. The molecular formula is C19H20N4O3. The summed E-state index contributed by atoms with van der Waals surface area (Å²) in [6, 6.07) is 16.8. The largest absolute Gasteiger partial charge is 0.489 e. The normalized spacial score (nSPS) is 10.5. The Bertz CT molecular complexity index is 832.